The van der Waals surface area contributed by atoms with Crippen LogP contribution in [-0.4, -0.2) is 41.8 Å². The van der Waals surface area contributed by atoms with Crippen LogP contribution in [0.1, 0.15) is 27.2 Å². The number of carboxylic acid groups (broad SMARTS) is 1. The van der Waals surface area contributed by atoms with E-state index in [-0.39, 0.29) is 5.56 Å². The first kappa shape index (κ1) is 18.8. The van der Waals surface area contributed by atoms with Crippen LogP contribution in [0.15, 0.2) is 40.9 Å². The molecule has 0 unspecified atom stereocenters. The Bertz CT molecular complexity index is 1130. The third-order valence-corrected chi connectivity index (χ3v) is 6.02. The number of aromatic nitrogens is 1. The number of fused-ring (bicyclic) bond motifs is 3. The molecular formula is C23H23N3O4. The summed E-state index contributed by atoms with van der Waals surface area (Å²) < 4.78 is 11.4. The summed E-state index contributed by atoms with van der Waals surface area (Å²) in [6.45, 7) is 1.30. The smallest absolute Gasteiger partial charge is 0.339 e. The third kappa shape index (κ3) is 3.07. The molecule has 3 aromatic rings. The van der Waals surface area contributed by atoms with Gasteiger partial charge in [-0.3, -0.25) is 4.98 Å². The zero-order valence-electron chi connectivity index (χ0n) is 16.7. The van der Waals surface area contributed by atoms with Gasteiger partial charge in [0.05, 0.1) is 12.8 Å². The fourth-order valence-corrected chi connectivity index (χ4v) is 4.31. The lowest BCUT2D eigenvalue weighted by atomic mass is 9.85. The first-order valence-corrected chi connectivity index (χ1v) is 9.98. The Hall–Kier alpha value is -3.16. The van der Waals surface area contributed by atoms with Crippen molar-refractivity contribution >= 4 is 5.97 Å². The summed E-state index contributed by atoms with van der Waals surface area (Å²) in [7, 11) is 1.63. The highest BCUT2D eigenvalue weighted by atomic mass is 16.5. The van der Waals surface area contributed by atoms with Crippen molar-refractivity contribution in [3.8, 4) is 28.3 Å². The van der Waals surface area contributed by atoms with Crippen LogP contribution in [0.2, 0.25) is 0 Å². The van der Waals surface area contributed by atoms with Crippen LogP contribution < -0.4 is 15.8 Å². The number of nitrogens with zero attached hydrogens (tertiary/aromatic N) is 1. The first-order valence-electron chi connectivity index (χ1n) is 9.98. The number of furan rings is 1. The topological polar surface area (TPSA) is 111 Å². The minimum Gasteiger partial charge on any atom is -0.497 e. The summed E-state index contributed by atoms with van der Waals surface area (Å²) in [5.41, 5.74) is 10.6. The maximum absolute atomic E-state index is 12.1. The fourth-order valence-electron chi connectivity index (χ4n) is 4.31. The number of hydrogen-bond donors (Lipinski definition) is 3. The zero-order valence-corrected chi connectivity index (χ0v) is 16.7. The molecule has 3 heterocycles. The van der Waals surface area contributed by atoms with Crippen LogP contribution >= 0.6 is 0 Å². The minimum absolute atomic E-state index is 0.273. The van der Waals surface area contributed by atoms with Gasteiger partial charge in [0.25, 0.3) is 0 Å². The van der Waals surface area contributed by atoms with E-state index in [1.807, 2.05) is 36.5 Å². The maximum atomic E-state index is 12.1. The van der Waals surface area contributed by atoms with Crippen molar-refractivity contribution in [1.29, 1.82) is 0 Å². The Kier molecular flexibility index (Phi) is 4.38. The number of pyridine rings is 1. The number of nitrogens with two attached hydrogens (primary N) is 1. The van der Waals surface area contributed by atoms with Crippen LogP contribution in [-0.2, 0) is 19.3 Å². The van der Waals surface area contributed by atoms with E-state index in [1.165, 1.54) is 0 Å². The molecule has 0 bridgehead atoms. The lowest BCUT2D eigenvalue weighted by molar-refractivity contribution is 0.0692. The minimum atomic E-state index is -0.959. The number of aromatic carboxylic acids is 1. The van der Waals surface area contributed by atoms with Crippen molar-refractivity contribution in [2.24, 2.45) is 5.73 Å². The Morgan fingerprint density at radius 1 is 1.30 bits per heavy atom. The number of hydrogen-bond acceptors (Lipinski definition) is 6. The molecule has 5 rings (SSSR count). The number of methoxy groups -OCH3 is 1. The molecule has 1 aromatic carbocycles. The number of carbonyl (C=O) groups is 1. The van der Waals surface area contributed by atoms with Crippen LogP contribution in [0.4, 0.5) is 0 Å². The standard InChI is InChI=1S/C23H23N3O4/c1-29-15-5-2-13(3-6-15)18-8-17-14(10-26-18)4-7-16-20(22(27)28)19(30-21(16)17)9-23(24)11-25-12-23/h2-3,5-6,8,10,25H,4,7,9,11-12,24H2,1H3,(H,27,28). The number of benzene rings is 1. The van der Waals surface area contributed by atoms with Gasteiger partial charge in [-0.15, -0.1) is 0 Å². The van der Waals surface area contributed by atoms with Gasteiger partial charge in [-0.25, -0.2) is 4.79 Å². The predicted octanol–water partition coefficient (Wildman–Crippen LogP) is 2.66. The highest BCUT2D eigenvalue weighted by Gasteiger charge is 2.38. The molecule has 0 radical (unpaired) electrons. The molecule has 0 atom stereocenters. The maximum Gasteiger partial charge on any atom is 0.339 e. The summed E-state index contributed by atoms with van der Waals surface area (Å²) in [6, 6.07) is 9.67. The molecule has 1 aliphatic heterocycles. The normalized spacial score (nSPS) is 16.3. The molecule has 1 aliphatic carbocycles. The van der Waals surface area contributed by atoms with E-state index in [1.54, 1.807) is 7.11 Å². The SMILES string of the molecule is COc1ccc(-c2cc3c(cn2)CCc2c-3oc(CC3(N)CNC3)c2C(=O)O)cc1. The summed E-state index contributed by atoms with van der Waals surface area (Å²) in [5.74, 6) is 0.921. The van der Waals surface area contributed by atoms with Gasteiger partial charge < -0.3 is 25.3 Å². The van der Waals surface area contributed by atoms with E-state index in [9.17, 15) is 9.90 Å². The average Bonchev–Trinajstić information content (AvgIpc) is 3.10. The monoisotopic (exact) mass is 405 g/mol. The van der Waals surface area contributed by atoms with E-state index in [2.05, 4.69) is 10.3 Å². The van der Waals surface area contributed by atoms with Crippen LogP contribution in [0, 0.1) is 0 Å². The number of ether oxygens (including phenoxy) is 1. The summed E-state index contributed by atoms with van der Waals surface area (Å²) in [6.07, 6.45) is 3.61. The van der Waals surface area contributed by atoms with Crippen molar-refractivity contribution in [3.63, 3.8) is 0 Å². The molecule has 0 amide bonds. The highest BCUT2D eigenvalue weighted by molar-refractivity contribution is 5.94. The van der Waals surface area contributed by atoms with Crippen molar-refractivity contribution in [2.45, 2.75) is 24.8 Å². The van der Waals surface area contributed by atoms with Crippen molar-refractivity contribution in [3.05, 3.63) is 59.0 Å². The van der Waals surface area contributed by atoms with Crippen LogP contribution in [0.25, 0.3) is 22.6 Å². The van der Waals surface area contributed by atoms with Gasteiger partial charge >= 0.3 is 5.97 Å². The van der Waals surface area contributed by atoms with Crippen LogP contribution in [0.3, 0.4) is 0 Å². The molecule has 0 saturated carbocycles. The van der Waals surface area contributed by atoms with Gasteiger partial charge in [0.15, 0.2) is 0 Å². The molecule has 30 heavy (non-hydrogen) atoms. The van der Waals surface area contributed by atoms with E-state index in [4.69, 9.17) is 14.9 Å². The summed E-state index contributed by atoms with van der Waals surface area (Å²) >= 11 is 0. The second kappa shape index (κ2) is 6.97. The van der Waals surface area contributed by atoms with Gasteiger partial charge in [-0.2, -0.15) is 0 Å². The molecule has 2 aromatic heterocycles. The first-order chi connectivity index (χ1) is 14.5. The fraction of sp³-hybridized carbons (Fsp3) is 0.304. The van der Waals surface area contributed by atoms with E-state index >= 15 is 0 Å². The largest absolute Gasteiger partial charge is 0.497 e. The number of aryl methyl sites for hydroxylation is 1. The summed E-state index contributed by atoms with van der Waals surface area (Å²) in [5, 5.41) is 13.0. The third-order valence-electron chi connectivity index (χ3n) is 6.02. The molecule has 4 N–H and O–H groups in total. The van der Waals surface area contributed by atoms with Crippen molar-refractivity contribution < 1.29 is 19.1 Å². The number of nitrogens with one attached hydrogen (secondary N) is 1. The van der Waals surface area contributed by atoms with E-state index in [0.29, 0.717) is 37.5 Å². The van der Waals surface area contributed by atoms with Gasteiger partial charge in [0.2, 0.25) is 0 Å². The average molecular weight is 405 g/mol. The second-order valence-corrected chi connectivity index (χ2v) is 8.11. The molecular weight excluding hydrogens is 382 g/mol. The van der Waals surface area contributed by atoms with Crippen molar-refractivity contribution in [2.75, 3.05) is 20.2 Å². The number of rotatable bonds is 5. The molecule has 154 valence electrons. The van der Waals surface area contributed by atoms with Crippen LogP contribution in [0.5, 0.6) is 5.75 Å². The Morgan fingerprint density at radius 2 is 2.07 bits per heavy atom. The molecule has 1 fully saturated rings. The van der Waals surface area contributed by atoms with Gasteiger partial charge in [-0.05, 0) is 48.7 Å². The van der Waals surface area contributed by atoms with Gasteiger partial charge in [-0.1, -0.05) is 0 Å². The Morgan fingerprint density at radius 3 is 2.70 bits per heavy atom. The van der Waals surface area contributed by atoms with E-state index in [0.717, 1.165) is 40.1 Å². The molecule has 1 saturated heterocycles. The highest BCUT2D eigenvalue weighted by Crippen LogP contribution is 2.41. The second-order valence-electron chi connectivity index (χ2n) is 8.11. The molecule has 7 nitrogen and oxygen atoms in total. The lowest BCUT2D eigenvalue weighted by Gasteiger charge is -2.38. The summed E-state index contributed by atoms with van der Waals surface area (Å²) in [4.78, 5) is 16.7. The Balaban J connectivity index is 1.59. The van der Waals surface area contributed by atoms with Gasteiger partial charge in [0, 0.05) is 47.9 Å². The van der Waals surface area contributed by atoms with Crippen molar-refractivity contribution in [1.82, 2.24) is 10.3 Å². The Labute approximate surface area is 173 Å². The quantitative estimate of drug-likeness (QED) is 0.598. The molecule has 2 aliphatic rings. The van der Waals surface area contributed by atoms with E-state index < -0.39 is 11.5 Å². The predicted molar refractivity (Wildman–Crippen MR) is 112 cm³/mol. The molecule has 0 spiro atoms. The number of carboxylic acids is 1. The zero-order chi connectivity index (χ0) is 20.9. The van der Waals surface area contributed by atoms with Gasteiger partial charge in [0.1, 0.15) is 22.8 Å². The molecule has 7 heteroatoms. The lowest BCUT2D eigenvalue weighted by Crippen LogP contribution is -2.66.